The molecular formula is C40H54Br2F2N6O4. The summed E-state index contributed by atoms with van der Waals surface area (Å²) < 4.78 is 44.3. The first kappa shape index (κ1) is 42.2. The maximum Gasteiger partial charge on any atom is 0.262 e. The average molecular weight is 881 g/mol. The van der Waals surface area contributed by atoms with E-state index >= 15 is 0 Å². The minimum Gasteiger partial charge on any atom is -0.495 e. The molecule has 2 aromatic carbocycles. The standard InChI is InChI=1S/2C20H27BrFN3O2/c2*1-4-9-14(24-10-7-6-8-11-24)19-23-18-13(22)12-15(27-3)17(21)16(18)20(26)25(19)5-2/h2*12,14H,4-11H2,1-3H3/t2*14-/m10/s1. The number of likely N-dealkylation sites (tertiary alicyclic amines) is 2. The lowest BCUT2D eigenvalue weighted by molar-refractivity contribution is 0.144. The lowest BCUT2D eigenvalue weighted by Gasteiger charge is -2.35. The molecule has 2 fully saturated rings. The second-order valence-corrected chi connectivity index (χ2v) is 15.6. The number of methoxy groups -OCH3 is 2. The molecule has 0 N–H and O–H groups in total. The summed E-state index contributed by atoms with van der Waals surface area (Å²) in [4.78, 5) is 40.7. The number of halogens is 4. The van der Waals surface area contributed by atoms with Gasteiger partial charge < -0.3 is 9.47 Å². The first-order valence-corrected chi connectivity index (χ1v) is 21.1. The van der Waals surface area contributed by atoms with E-state index in [9.17, 15) is 18.4 Å². The fourth-order valence-electron chi connectivity index (χ4n) is 8.00. The molecular weight excluding hydrogens is 826 g/mol. The van der Waals surface area contributed by atoms with Gasteiger partial charge in [0.05, 0.1) is 46.0 Å². The van der Waals surface area contributed by atoms with Crippen molar-refractivity contribution < 1.29 is 18.3 Å². The van der Waals surface area contributed by atoms with Crippen molar-refractivity contribution in [2.24, 2.45) is 0 Å². The SMILES string of the molecule is CCC[C@@H](c1nc2c(F)cc(OC)c(Br)c2c(=O)n1CC)N1CCCCC1.CCC[C@H](c1nc2c(F)cc(OC)c(Br)c2c(=O)n1CC)N1CCCCC1. The Bertz CT molecular complexity index is 1900. The summed E-state index contributed by atoms with van der Waals surface area (Å²) in [5, 5.41) is 0.484. The van der Waals surface area contributed by atoms with E-state index in [0.717, 1.165) is 77.5 Å². The molecule has 14 heteroatoms. The Morgan fingerprint density at radius 3 is 1.30 bits per heavy atom. The van der Waals surface area contributed by atoms with E-state index in [-0.39, 0.29) is 45.0 Å². The number of rotatable bonds is 12. The third-order valence-corrected chi connectivity index (χ3v) is 12.3. The van der Waals surface area contributed by atoms with Crippen LogP contribution in [-0.4, -0.2) is 69.3 Å². The van der Waals surface area contributed by atoms with Crippen molar-refractivity contribution in [1.29, 1.82) is 0 Å². The molecule has 2 saturated heterocycles. The van der Waals surface area contributed by atoms with E-state index in [2.05, 4.69) is 55.5 Å². The van der Waals surface area contributed by atoms with Crippen molar-refractivity contribution in [3.63, 3.8) is 0 Å². The molecule has 6 rings (SSSR count). The summed E-state index contributed by atoms with van der Waals surface area (Å²) in [5.74, 6) is 0.899. The van der Waals surface area contributed by atoms with Gasteiger partial charge in [-0.2, -0.15) is 0 Å². The van der Waals surface area contributed by atoms with Crippen molar-refractivity contribution >= 4 is 53.7 Å². The van der Waals surface area contributed by atoms with Gasteiger partial charge in [0, 0.05) is 25.2 Å². The molecule has 10 nitrogen and oxygen atoms in total. The Balaban J connectivity index is 0.000000208. The largest absolute Gasteiger partial charge is 0.495 e. The average Bonchev–Trinajstić information content (AvgIpc) is 3.19. The van der Waals surface area contributed by atoms with Crippen molar-refractivity contribution in [3.05, 3.63) is 65.1 Å². The zero-order valence-corrected chi connectivity index (χ0v) is 35.6. The van der Waals surface area contributed by atoms with Crippen LogP contribution in [0.5, 0.6) is 11.5 Å². The van der Waals surface area contributed by atoms with E-state index in [0.29, 0.717) is 45.2 Å². The van der Waals surface area contributed by atoms with Gasteiger partial charge >= 0.3 is 0 Å². The third kappa shape index (κ3) is 8.56. The first-order valence-electron chi connectivity index (χ1n) is 19.5. The maximum atomic E-state index is 14.8. The van der Waals surface area contributed by atoms with E-state index in [4.69, 9.17) is 19.4 Å². The maximum absolute atomic E-state index is 14.8. The minimum absolute atomic E-state index is 0.0348. The number of hydrogen-bond donors (Lipinski definition) is 0. The molecule has 0 spiro atoms. The number of ether oxygens (including phenoxy) is 2. The third-order valence-electron chi connectivity index (χ3n) is 10.7. The Labute approximate surface area is 333 Å². The molecule has 0 saturated carbocycles. The van der Waals surface area contributed by atoms with Crippen LogP contribution < -0.4 is 20.6 Å². The molecule has 54 heavy (non-hydrogen) atoms. The zero-order chi connectivity index (χ0) is 39.1. The van der Waals surface area contributed by atoms with Crippen LogP contribution in [-0.2, 0) is 13.1 Å². The van der Waals surface area contributed by atoms with Crippen LogP contribution >= 0.6 is 31.9 Å². The molecule has 2 aliphatic rings. The predicted octanol–water partition coefficient (Wildman–Crippen LogP) is 9.31. The Morgan fingerprint density at radius 1 is 0.648 bits per heavy atom. The van der Waals surface area contributed by atoms with Gasteiger partial charge in [-0.1, -0.05) is 39.5 Å². The van der Waals surface area contributed by atoms with Crippen molar-refractivity contribution in [2.75, 3.05) is 40.4 Å². The molecule has 0 amide bonds. The van der Waals surface area contributed by atoms with Gasteiger partial charge in [0.25, 0.3) is 11.1 Å². The van der Waals surface area contributed by atoms with Crippen LogP contribution in [0, 0.1) is 11.6 Å². The molecule has 0 radical (unpaired) electrons. The highest BCUT2D eigenvalue weighted by Gasteiger charge is 2.30. The Hall–Kier alpha value is -2.94. The second kappa shape index (κ2) is 19.3. The molecule has 2 atom stereocenters. The molecule has 2 aromatic heterocycles. The highest BCUT2D eigenvalue weighted by Crippen LogP contribution is 2.36. The van der Waals surface area contributed by atoms with Crippen molar-refractivity contribution in [3.8, 4) is 11.5 Å². The summed E-state index contributed by atoms with van der Waals surface area (Å²) in [6, 6.07) is 2.64. The van der Waals surface area contributed by atoms with Gasteiger partial charge in [-0.15, -0.1) is 0 Å². The minimum atomic E-state index is -0.527. The Kier molecular flexibility index (Phi) is 15.1. The number of fused-ring (bicyclic) bond motifs is 2. The van der Waals surface area contributed by atoms with Crippen LogP contribution in [0.3, 0.4) is 0 Å². The molecule has 0 unspecified atom stereocenters. The number of aromatic nitrogens is 4. The second-order valence-electron chi connectivity index (χ2n) is 14.0. The molecule has 296 valence electrons. The number of piperidine rings is 2. The lowest BCUT2D eigenvalue weighted by Crippen LogP contribution is -2.38. The Morgan fingerprint density at radius 2 is 1.00 bits per heavy atom. The van der Waals surface area contributed by atoms with Gasteiger partial charge in [0.1, 0.15) is 34.2 Å². The van der Waals surface area contributed by atoms with Crippen LogP contribution in [0.4, 0.5) is 8.78 Å². The first-order chi connectivity index (χ1) is 26.1. The highest BCUT2D eigenvalue weighted by atomic mass is 79.9. The summed E-state index contributed by atoms with van der Waals surface area (Å²) in [6.45, 7) is 13.1. The van der Waals surface area contributed by atoms with Crippen LogP contribution in [0.2, 0.25) is 0 Å². The van der Waals surface area contributed by atoms with E-state index in [1.54, 1.807) is 9.13 Å². The molecule has 0 bridgehead atoms. The van der Waals surface area contributed by atoms with Crippen LogP contribution in [0.1, 0.15) is 116 Å². The monoisotopic (exact) mass is 878 g/mol. The van der Waals surface area contributed by atoms with Crippen LogP contribution in [0.25, 0.3) is 21.8 Å². The summed E-state index contributed by atoms with van der Waals surface area (Å²) in [7, 11) is 2.91. The zero-order valence-electron chi connectivity index (χ0n) is 32.5. The topological polar surface area (TPSA) is 94.7 Å². The molecule has 4 aromatic rings. The summed E-state index contributed by atoms with van der Waals surface area (Å²) in [5.41, 5.74) is -0.212. The molecule has 4 heterocycles. The van der Waals surface area contributed by atoms with E-state index in [1.807, 2.05) is 13.8 Å². The number of hydrogen-bond acceptors (Lipinski definition) is 8. The summed E-state index contributed by atoms with van der Waals surface area (Å²) in [6.07, 6.45) is 10.9. The fourth-order valence-corrected chi connectivity index (χ4v) is 9.26. The smallest absolute Gasteiger partial charge is 0.262 e. The van der Waals surface area contributed by atoms with E-state index in [1.165, 1.54) is 39.2 Å². The number of nitrogens with zero attached hydrogens (tertiary/aromatic N) is 6. The molecule has 0 aliphatic carbocycles. The van der Waals surface area contributed by atoms with Gasteiger partial charge in [-0.05, 0) is 110 Å². The van der Waals surface area contributed by atoms with Crippen molar-refractivity contribution in [2.45, 2.75) is 117 Å². The number of benzene rings is 2. The van der Waals surface area contributed by atoms with Gasteiger partial charge in [0.15, 0.2) is 11.6 Å². The normalized spacial score (nSPS) is 16.6. The predicted molar refractivity (Wildman–Crippen MR) is 218 cm³/mol. The molecule has 2 aliphatic heterocycles. The lowest BCUT2D eigenvalue weighted by atomic mass is 10.0. The highest BCUT2D eigenvalue weighted by molar-refractivity contribution is 9.11. The summed E-state index contributed by atoms with van der Waals surface area (Å²) >= 11 is 6.81. The quantitative estimate of drug-likeness (QED) is 0.139. The van der Waals surface area contributed by atoms with Gasteiger partial charge in [-0.25, -0.2) is 18.7 Å². The van der Waals surface area contributed by atoms with Gasteiger partial charge in [0.2, 0.25) is 0 Å². The van der Waals surface area contributed by atoms with Crippen molar-refractivity contribution in [1.82, 2.24) is 28.9 Å². The fraction of sp³-hybridized carbons (Fsp3) is 0.600. The van der Waals surface area contributed by atoms with Crippen LogP contribution in [0.15, 0.2) is 30.7 Å². The van der Waals surface area contributed by atoms with E-state index < -0.39 is 11.6 Å². The van der Waals surface area contributed by atoms with Gasteiger partial charge in [-0.3, -0.25) is 28.5 Å².